The zero-order chi connectivity index (χ0) is 10.4. The van der Waals surface area contributed by atoms with Crippen LogP contribution in [0.25, 0.3) is 0 Å². The van der Waals surface area contributed by atoms with Crippen molar-refractivity contribution in [3.05, 3.63) is 18.3 Å². The number of aliphatic hydroxyl groups is 1. The number of hydrogen-bond acceptors (Lipinski definition) is 4. The molecule has 4 nitrogen and oxygen atoms in total. The first-order chi connectivity index (χ1) is 6.77. The zero-order valence-electron chi connectivity index (χ0n) is 8.70. The molecule has 78 valence electrons. The molecule has 0 unspecified atom stereocenters. The maximum Gasteiger partial charge on any atom is 0.127 e. The van der Waals surface area contributed by atoms with Gasteiger partial charge in [-0.25, -0.2) is 4.98 Å². The Morgan fingerprint density at radius 1 is 1.57 bits per heavy atom. The second-order valence-corrected chi connectivity index (χ2v) is 3.07. The van der Waals surface area contributed by atoms with Crippen LogP contribution in [0.2, 0.25) is 0 Å². The van der Waals surface area contributed by atoms with Gasteiger partial charge in [0.2, 0.25) is 0 Å². The molecule has 0 atom stereocenters. The van der Waals surface area contributed by atoms with Crippen molar-refractivity contribution in [2.45, 2.75) is 6.92 Å². The monoisotopic (exact) mass is 195 g/mol. The molecule has 2 N–H and O–H groups in total. The second kappa shape index (κ2) is 5.44. The third-order valence-electron chi connectivity index (χ3n) is 1.98. The van der Waals surface area contributed by atoms with Crippen molar-refractivity contribution in [2.24, 2.45) is 0 Å². The van der Waals surface area contributed by atoms with Crippen LogP contribution in [-0.2, 0) is 0 Å². The summed E-state index contributed by atoms with van der Waals surface area (Å²) in [4.78, 5) is 6.16. The summed E-state index contributed by atoms with van der Waals surface area (Å²) in [5.41, 5.74) is 1.06. The summed E-state index contributed by atoms with van der Waals surface area (Å²) < 4.78 is 0. The zero-order valence-corrected chi connectivity index (χ0v) is 8.70. The van der Waals surface area contributed by atoms with Gasteiger partial charge in [0.05, 0.1) is 6.61 Å². The molecule has 0 saturated carbocycles. The van der Waals surface area contributed by atoms with Crippen LogP contribution >= 0.6 is 0 Å². The van der Waals surface area contributed by atoms with Gasteiger partial charge in [-0.1, -0.05) is 0 Å². The van der Waals surface area contributed by atoms with Gasteiger partial charge in [0.15, 0.2) is 0 Å². The van der Waals surface area contributed by atoms with Gasteiger partial charge in [0.1, 0.15) is 5.82 Å². The van der Waals surface area contributed by atoms with Gasteiger partial charge in [-0.2, -0.15) is 0 Å². The Balaban J connectivity index is 2.71. The third-order valence-corrected chi connectivity index (χ3v) is 1.98. The average molecular weight is 195 g/mol. The highest BCUT2D eigenvalue weighted by atomic mass is 16.3. The van der Waals surface area contributed by atoms with Gasteiger partial charge < -0.3 is 15.3 Å². The molecule has 0 aromatic carbocycles. The maximum absolute atomic E-state index is 8.80. The van der Waals surface area contributed by atoms with Gasteiger partial charge in [0, 0.05) is 38.1 Å². The Bertz CT molecular complexity index is 278. The second-order valence-electron chi connectivity index (χ2n) is 3.07. The van der Waals surface area contributed by atoms with Gasteiger partial charge in [-0.15, -0.1) is 0 Å². The number of anilines is 2. The number of rotatable bonds is 5. The fourth-order valence-corrected chi connectivity index (χ4v) is 1.21. The van der Waals surface area contributed by atoms with Crippen LogP contribution in [0.1, 0.15) is 6.92 Å². The van der Waals surface area contributed by atoms with Gasteiger partial charge in [-0.3, -0.25) is 0 Å². The SMILES string of the molecule is CCNc1cc(N(C)CCO)ccn1. The molecule has 1 rings (SSSR count). The summed E-state index contributed by atoms with van der Waals surface area (Å²) in [6.45, 7) is 3.69. The number of nitrogens with zero attached hydrogens (tertiary/aromatic N) is 2. The Kier molecular flexibility index (Phi) is 4.19. The lowest BCUT2D eigenvalue weighted by Gasteiger charge is -2.18. The highest BCUT2D eigenvalue weighted by molar-refractivity contribution is 5.53. The van der Waals surface area contributed by atoms with Gasteiger partial charge in [0.25, 0.3) is 0 Å². The van der Waals surface area contributed by atoms with Crippen molar-refractivity contribution in [3.8, 4) is 0 Å². The normalized spacial score (nSPS) is 9.93. The number of aliphatic hydroxyl groups excluding tert-OH is 1. The topological polar surface area (TPSA) is 48.4 Å². The summed E-state index contributed by atoms with van der Waals surface area (Å²) in [6, 6.07) is 3.90. The summed E-state index contributed by atoms with van der Waals surface area (Å²) in [6.07, 6.45) is 1.77. The molecule has 0 amide bonds. The van der Waals surface area contributed by atoms with E-state index in [1.54, 1.807) is 6.20 Å². The predicted molar refractivity (Wildman–Crippen MR) is 58.8 cm³/mol. The van der Waals surface area contributed by atoms with Crippen LogP contribution in [0.15, 0.2) is 18.3 Å². The molecule has 14 heavy (non-hydrogen) atoms. The van der Waals surface area contributed by atoms with Crippen molar-refractivity contribution in [3.63, 3.8) is 0 Å². The molecule has 0 spiro atoms. The largest absolute Gasteiger partial charge is 0.395 e. The number of aromatic nitrogens is 1. The summed E-state index contributed by atoms with van der Waals surface area (Å²) in [5.74, 6) is 0.870. The highest BCUT2D eigenvalue weighted by Crippen LogP contribution is 2.15. The summed E-state index contributed by atoms with van der Waals surface area (Å²) >= 11 is 0. The standard InChI is InChI=1S/C10H17N3O/c1-3-11-10-8-9(4-5-12-10)13(2)6-7-14/h4-5,8,14H,3,6-7H2,1-2H3,(H,11,12). The molecule has 0 aliphatic carbocycles. The van der Waals surface area contributed by atoms with Crippen LogP contribution in [0.4, 0.5) is 11.5 Å². The first-order valence-corrected chi connectivity index (χ1v) is 4.80. The van der Waals surface area contributed by atoms with Crippen molar-refractivity contribution in [2.75, 3.05) is 37.0 Å². The minimum absolute atomic E-state index is 0.162. The van der Waals surface area contributed by atoms with Gasteiger partial charge in [-0.05, 0) is 13.0 Å². The molecule has 0 fully saturated rings. The molecule has 4 heteroatoms. The average Bonchev–Trinajstić information content (AvgIpc) is 2.19. The van der Waals surface area contributed by atoms with Crippen LogP contribution < -0.4 is 10.2 Å². The van der Waals surface area contributed by atoms with E-state index in [1.807, 2.05) is 31.0 Å². The number of hydrogen-bond donors (Lipinski definition) is 2. The third kappa shape index (κ3) is 2.88. The molecular weight excluding hydrogens is 178 g/mol. The Morgan fingerprint density at radius 2 is 2.36 bits per heavy atom. The Morgan fingerprint density at radius 3 is 3.00 bits per heavy atom. The smallest absolute Gasteiger partial charge is 0.127 e. The molecule has 1 aromatic rings. The van der Waals surface area contributed by atoms with Crippen molar-refractivity contribution < 1.29 is 5.11 Å². The molecule has 0 radical (unpaired) electrons. The molecule has 1 aromatic heterocycles. The van der Waals surface area contributed by atoms with Crippen LogP contribution in [0.5, 0.6) is 0 Å². The van der Waals surface area contributed by atoms with Crippen LogP contribution in [0.3, 0.4) is 0 Å². The Labute approximate surface area is 84.6 Å². The van der Waals surface area contributed by atoms with Crippen molar-refractivity contribution >= 4 is 11.5 Å². The Hall–Kier alpha value is -1.29. The molecule has 0 aliphatic heterocycles. The minimum Gasteiger partial charge on any atom is -0.395 e. The van der Waals surface area contributed by atoms with E-state index < -0.39 is 0 Å². The lowest BCUT2D eigenvalue weighted by atomic mass is 10.3. The van der Waals surface area contributed by atoms with E-state index >= 15 is 0 Å². The van der Waals surface area contributed by atoms with Gasteiger partial charge >= 0.3 is 0 Å². The molecule has 0 aliphatic rings. The van der Waals surface area contributed by atoms with E-state index in [9.17, 15) is 0 Å². The maximum atomic E-state index is 8.80. The predicted octanol–water partition coefficient (Wildman–Crippen LogP) is 0.942. The van der Waals surface area contributed by atoms with E-state index in [-0.39, 0.29) is 6.61 Å². The first kappa shape index (κ1) is 10.8. The van der Waals surface area contributed by atoms with Crippen LogP contribution in [-0.4, -0.2) is 36.8 Å². The molecule has 0 saturated heterocycles. The van der Waals surface area contributed by atoms with E-state index in [0.717, 1.165) is 18.1 Å². The molecule has 0 bridgehead atoms. The fourth-order valence-electron chi connectivity index (χ4n) is 1.21. The number of nitrogens with one attached hydrogen (secondary N) is 1. The van der Waals surface area contributed by atoms with E-state index in [2.05, 4.69) is 10.3 Å². The van der Waals surface area contributed by atoms with E-state index in [0.29, 0.717) is 6.54 Å². The molecular formula is C10H17N3O. The molecule has 1 heterocycles. The quantitative estimate of drug-likeness (QED) is 0.734. The first-order valence-electron chi connectivity index (χ1n) is 4.80. The number of likely N-dealkylation sites (N-methyl/N-ethyl adjacent to an activating group) is 1. The summed E-state index contributed by atoms with van der Waals surface area (Å²) in [5, 5.41) is 11.9. The lowest BCUT2D eigenvalue weighted by Crippen LogP contribution is -2.21. The highest BCUT2D eigenvalue weighted by Gasteiger charge is 2.00. The van der Waals surface area contributed by atoms with E-state index in [4.69, 9.17) is 5.11 Å². The van der Waals surface area contributed by atoms with Crippen molar-refractivity contribution in [1.29, 1.82) is 0 Å². The lowest BCUT2D eigenvalue weighted by molar-refractivity contribution is 0.304. The fraction of sp³-hybridized carbons (Fsp3) is 0.500. The van der Waals surface area contributed by atoms with E-state index in [1.165, 1.54) is 0 Å². The number of pyridine rings is 1. The summed E-state index contributed by atoms with van der Waals surface area (Å²) in [7, 11) is 1.95. The van der Waals surface area contributed by atoms with Crippen LogP contribution in [0, 0.1) is 0 Å². The minimum atomic E-state index is 0.162. The van der Waals surface area contributed by atoms with Crippen molar-refractivity contribution in [1.82, 2.24) is 4.98 Å².